The fourth-order valence-electron chi connectivity index (χ4n) is 3.04. The Morgan fingerprint density at radius 1 is 1.35 bits per heavy atom. The summed E-state index contributed by atoms with van der Waals surface area (Å²) in [5, 5.41) is 0.633. The molecule has 1 unspecified atom stereocenters. The number of aromatic nitrogens is 2. The van der Waals surface area contributed by atoms with Gasteiger partial charge in [0.15, 0.2) is 5.16 Å². The number of carbonyl (C=O) groups excluding carboxylic acids is 1. The molecule has 1 fully saturated rings. The highest BCUT2D eigenvalue weighted by atomic mass is 32.2. The van der Waals surface area contributed by atoms with Gasteiger partial charge in [-0.25, -0.2) is 9.97 Å². The number of hydrogen-bond acceptors (Lipinski definition) is 6. The van der Waals surface area contributed by atoms with Crippen molar-refractivity contribution in [3.05, 3.63) is 35.9 Å². The number of hydrogen-bond donors (Lipinski definition) is 1. The third-order valence-electron chi connectivity index (χ3n) is 4.45. The van der Waals surface area contributed by atoms with E-state index in [2.05, 4.69) is 9.97 Å². The van der Waals surface area contributed by atoms with Crippen LogP contribution in [0.2, 0.25) is 0 Å². The number of likely N-dealkylation sites (N-methyl/N-ethyl adjacent to an activating group) is 1. The Balaban J connectivity index is 1.75. The number of rotatable bonds is 6. The quantitative estimate of drug-likeness (QED) is 0.620. The third-order valence-corrected chi connectivity index (χ3v) is 5.00. The minimum Gasteiger partial charge on any atom is -0.384 e. The van der Waals surface area contributed by atoms with Gasteiger partial charge in [-0.1, -0.05) is 23.9 Å². The summed E-state index contributed by atoms with van der Waals surface area (Å²) >= 11 is 1.45. The number of nitrogens with two attached hydrogens (primary N) is 1. The number of ether oxygens (including phenoxy) is 1. The van der Waals surface area contributed by atoms with Crippen LogP contribution in [-0.2, 0) is 4.74 Å². The van der Waals surface area contributed by atoms with Crippen molar-refractivity contribution in [2.24, 2.45) is 0 Å². The Labute approximate surface area is 158 Å². The Hall–Kier alpha value is -2.12. The first-order valence-corrected chi connectivity index (χ1v) is 10.0. The zero-order chi connectivity index (χ0) is 18.5. The van der Waals surface area contributed by atoms with E-state index < -0.39 is 0 Å². The van der Waals surface area contributed by atoms with E-state index in [0.717, 1.165) is 30.7 Å². The van der Waals surface area contributed by atoms with Crippen LogP contribution in [0.25, 0.3) is 11.3 Å². The monoisotopic (exact) mass is 372 g/mol. The first-order chi connectivity index (χ1) is 12.6. The second-order valence-corrected chi connectivity index (χ2v) is 6.99. The maximum absolute atomic E-state index is 12.8. The molecule has 1 aliphatic rings. The molecule has 2 aromatic rings. The zero-order valence-electron chi connectivity index (χ0n) is 15.1. The van der Waals surface area contributed by atoms with Crippen molar-refractivity contribution in [1.82, 2.24) is 14.9 Å². The van der Waals surface area contributed by atoms with Crippen LogP contribution in [0, 0.1) is 0 Å². The van der Waals surface area contributed by atoms with Crippen molar-refractivity contribution < 1.29 is 9.53 Å². The molecule has 0 radical (unpaired) electrons. The molecule has 0 saturated carbocycles. The highest BCUT2D eigenvalue weighted by Crippen LogP contribution is 2.23. The molecule has 1 aliphatic heterocycles. The van der Waals surface area contributed by atoms with Gasteiger partial charge in [-0.15, -0.1) is 0 Å². The summed E-state index contributed by atoms with van der Waals surface area (Å²) in [6.07, 6.45) is 4.17. The Morgan fingerprint density at radius 3 is 2.73 bits per heavy atom. The van der Waals surface area contributed by atoms with Crippen molar-refractivity contribution in [3.63, 3.8) is 0 Å². The predicted molar refractivity (Wildman–Crippen MR) is 104 cm³/mol. The molecule has 0 bridgehead atoms. The summed E-state index contributed by atoms with van der Waals surface area (Å²) in [5.74, 6) is 0.467. The molecule has 3 rings (SSSR count). The number of amides is 1. The number of carbonyl (C=O) groups is 1. The van der Waals surface area contributed by atoms with Crippen LogP contribution >= 0.6 is 11.8 Å². The molecular weight excluding hydrogens is 348 g/mol. The molecule has 7 heteroatoms. The number of thioether (sulfide) groups is 1. The molecule has 0 spiro atoms. The van der Waals surface area contributed by atoms with Crippen LogP contribution in [0.4, 0.5) is 5.82 Å². The minimum absolute atomic E-state index is 0.0292. The van der Waals surface area contributed by atoms with Crippen LogP contribution in [0.15, 0.2) is 35.5 Å². The average molecular weight is 372 g/mol. The lowest BCUT2D eigenvalue weighted by molar-refractivity contribution is 0.0539. The van der Waals surface area contributed by atoms with Gasteiger partial charge in [-0.05, 0) is 38.2 Å². The summed E-state index contributed by atoms with van der Waals surface area (Å²) in [5.41, 5.74) is 8.18. The van der Waals surface area contributed by atoms with E-state index in [4.69, 9.17) is 10.5 Å². The van der Waals surface area contributed by atoms with Gasteiger partial charge in [-0.2, -0.15) is 0 Å². The standard InChI is InChI=1S/C19H24N4O2S/c1-3-23(12-15-5-4-10-25-15)18(24)14-8-6-13(7-9-14)16-11-17(20)22-19(21-16)26-2/h6-9,11,15H,3-5,10,12H2,1-2H3,(H2,20,21,22). The van der Waals surface area contributed by atoms with Gasteiger partial charge in [0.1, 0.15) is 5.82 Å². The van der Waals surface area contributed by atoms with Crippen LogP contribution < -0.4 is 5.73 Å². The molecule has 1 aromatic heterocycles. The van der Waals surface area contributed by atoms with E-state index in [1.807, 2.05) is 42.3 Å². The zero-order valence-corrected chi connectivity index (χ0v) is 16.0. The van der Waals surface area contributed by atoms with Crippen molar-refractivity contribution in [1.29, 1.82) is 0 Å². The van der Waals surface area contributed by atoms with Gasteiger partial charge >= 0.3 is 0 Å². The summed E-state index contributed by atoms with van der Waals surface area (Å²) in [6.45, 7) is 4.11. The van der Waals surface area contributed by atoms with Gasteiger partial charge < -0.3 is 15.4 Å². The van der Waals surface area contributed by atoms with Crippen LogP contribution in [-0.4, -0.2) is 52.8 Å². The lowest BCUT2D eigenvalue weighted by Gasteiger charge is -2.24. The van der Waals surface area contributed by atoms with Gasteiger partial charge in [0, 0.05) is 36.9 Å². The Kier molecular flexibility index (Phi) is 6.11. The molecule has 1 aromatic carbocycles. The average Bonchev–Trinajstić information content (AvgIpc) is 3.18. The van der Waals surface area contributed by atoms with Crippen LogP contribution in [0.5, 0.6) is 0 Å². The molecule has 138 valence electrons. The van der Waals surface area contributed by atoms with E-state index in [1.165, 1.54) is 11.8 Å². The van der Waals surface area contributed by atoms with Gasteiger partial charge in [0.25, 0.3) is 5.91 Å². The van der Waals surface area contributed by atoms with E-state index in [-0.39, 0.29) is 12.0 Å². The number of nitrogen functional groups attached to an aromatic ring is 1. The molecule has 2 N–H and O–H groups in total. The first kappa shape index (κ1) is 18.7. The normalized spacial score (nSPS) is 16.6. The fourth-order valence-corrected chi connectivity index (χ4v) is 3.42. The Morgan fingerprint density at radius 2 is 2.12 bits per heavy atom. The highest BCUT2D eigenvalue weighted by Gasteiger charge is 2.22. The lowest BCUT2D eigenvalue weighted by atomic mass is 10.1. The summed E-state index contributed by atoms with van der Waals surface area (Å²) in [6, 6.07) is 9.23. The molecule has 0 aliphatic carbocycles. The molecular formula is C19H24N4O2S. The minimum atomic E-state index is 0.0292. The van der Waals surface area contributed by atoms with Crippen molar-refractivity contribution in [3.8, 4) is 11.3 Å². The molecule has 26 heavy (non-hydrogen) atoms. The van der Waals surface area contributed by atoms with E-state index in [0.29, 0.717) is 29.6 Å². The van der Waals surface area contributed by atoms with Crippen LogP contribution in [0.3, 0.4) is 0 Å². The second-order valence-electron chi connectivity index (χ2n) is 6.22. The van der Waals surface area contributed by atoms with Crippen LogP contribution in [0.1, 0.15) is 30.1 Å². The number of benzene rings is 1. The molecule has 2 heterocycles. The molecule has 1 amide bonds. The maximum atomic E-state index is 12.8. The van der Waals surface area contributed by atoms with E-state index in [9.17, 15) is 4.79 Å². The molecule has 6 nitrogen and oxygen atoms in total. The van der Waals surface area contributed by atoms with Crippen molar-refractivity contribution >= 4 is 23.5 Å². The summed E-state index contributed by atoms with van der Waals surface area (Å²) < 4.78 is 5.66. The number of anilines is 1. The first-order valence-electron chi connectivity index (χ1n) is 8.80. The van der Waals surface area contributed by atoms with Crippen molar-refractivity contribution in [2.75, 3.05) is 31.7 Å². The third kappa shape index (κ3) is 4.34. The smallest absolute Gasteiger partial charge is 0.253 e. The second kappa shape index (κ2) is 8.51. The highest BCUT2D eigenvalue weighted by molar-refractivity contribution is 7.98. The fraction of sp³-hybridized carbons (Fsp3) is 0.421. The molecule has 1 atom stereocenters. The van der Waals surface area contributed by atoms with Gasteiger partial charge in [0.2, 0.25) is 0 Å². The lowest BCUT2D eigenvalue weighted by Crippen LogP contribution is -2.37. The summed E-state index contributed by atoms with van der Waals surface area (Å²) in [4.78, 5) is 23.3. The van der Waals surface area contributed by atoms with E-state index >= 15 is 0 Å². The van der Waals surface area contributed by atoms with E-state index in [1.54, 1.807) is 6.07 Å². The Bertz CT molecular complexity index is 761. The molecule has 1 saturated heterocycles. The largest absolute Gasteiger partial charge is 0.384 e. The maximum Gasteiger partial charge on any atom is 0.253 e. The summed E-state index contributed by atoms with van der Waals surface area (Å²) in [7, 11) is 0. The topological polar surface area (TPSA) is 81.3 Å². The van der Waals surface area contributed by atoms with Crippen molar-refractivity contribution in [2.45, 2.75) is 31.0 Å². The predicted octanol–water partition coefficient (Wildman–Crippen LogP) is 3.09. The number of nitrogens with zero attached hydrogens (tertiary/aromatic N) is 3. The SMILES string of the molecule is CCN(CC1CCCO1)C(=O)c1ccc(-c2cc(N)nc(SC)n2)cc1. The van der Waals surface area contributed by atoms with Gasteiger partial charge in [0.05, 0.1) is 11.8 Å². The van der Waals surface area contributed by atoms with Gasteiger partial charge in [-0.3, -0.25) is 4.79 Å².